The summed E-state index contributed by atoms with van der Waals surface area (Å²) in [6.45, 7) is 4.87. The van der Waals surface area contributed by atoms with Gasteiger partial charge < -0.3 is 4.90 Å². The first-order valence-electron chi connectivity index (χ1n) is 10.9. The van der Waals surface area contributed by atoms with Gasteiger partial charge in [0.25, 0.3) is 5.56 Å². The zero-order valence-corrected chi connectivity index (χ0v) is 19.8. The minimum atomic E-state index is -0.0357. The van der Waals surface area contributed by atoms with E-state index in [0.717, 1.165) is 53.3 Å². The molecule has 5 nitrogen and oxygen atoms in total. The van der Waals surface area contributed by atoms with Crippen molar-refractivity contribution in [1.29, 1.82) is 0 Å². The second-order valence-electron chi connectivity index (χ2n) is 8.35. The van der Waals surface area contributed by atoms with Crippen LogP contribution >= 0.6 is 23.5 Å². The first kappa shape index (κ1) is 21.3. The number of benzene rings is 2. The molecule has 1 atom stereocenters. The molecule has 5 rings (SSSR count). The van der Waals surface area contributed by atoms with Crippen LogP contribution in [-0.4, -0.2) is 33.0 Å². The number of aryl methyl sites for hydroxylation is 2. The molecule has 2 aliphatic rings. The van der Waals surface area contributed by atoms with Crippen molar-refractivity contribution in [3.05, 3.63) is 75.7 Å². The molecule has 0 unspecified atom stereocenters. The van der Waals surface area contributed by atoms with E-state index in [1.54, 1.807) is 16.3 Å². The third-order valence-corrected chi connectivity index (χ3v) is 8.05. The van der Waals surface area contributed by atoms with E-state index in [9.17, 15) is 9.59 Å². The number of carbonyl (C=O) groups is 1. The molecule has 0 N–H and O–H groups in total. The molecule has 3 heterocycles. The molecular weight excluding hydrogens is 438 g/mol. The van der Waals surface area contributed by atoms with Gasteiger partial charge in [-0.3, -0.25) is 14.2 Å². The average molecular weight is 464 g/mol. The van der Waals surface area contributed by atoms with Gasteiger partial charge in [0.2, 0.25) is 5.91 Å². The predicted molar refractivity (Wildman–Crippen MR) is 131 cm³/mol. The van der Waals surface area contributed by atoms with Crippen molar-refractivity contribution in [2.75, 3.05) is 17.2 Å². The number of aromatic nitrogens is 2. The second-order valence-corrected chi connectivity index (χ2v) is 10.7. The summed E-state index contributed by atoms with van der Waals surface area (Å²) < 4.78 is 1.67. The summed E-state index contributed by atoms with van der Waals surface area (Å²) in [5, 5.41) is 0.925. The van der Waals surface area contributed by atoms with Crippen molar-refractivity contribution in [2.24, 2.45) is 0 Å². The highest BCUT2D eigenvalue weighted by molar-refractivity contribution is 8.00. The molecule has 2 aliphatic heterocycles. The summed E-state index contributed by atoms with van der Waals surface area (Å²) >= 11 is 2.95. The van der Waals surface area contributed by atoms with Gasteiger partial charge in [0.15, 0.2) is 5.16 Å². The van der Waals surface area contributed by atoms with E-state index in [4.69, 9.17) is 4.98 Å². The van der Waals surface area contributed by atoms with Crippen LogP contribution in [0.3, 0.4) is 0 Å². The number of thioether (sulfide) groups is 2. The van der Waals surface area contributed by atoms with E-state index in [-0.39, 0.29) is 17.2 Å². The van der Waals surface area contributed by atoms with Crippen molar-refractivity contribution in [1.82, 2.24) is 9.55 Å². The Balaban J connectivity index is 1.47. The van der Waals surface area contributed by atoms with Gasteiger partial charge in [-0.2, -0.15) is 0 Å². The number of nitrogens with zero attached hydrogens (tertiary/aromatic N) is 3. The topological polar surface area (TPSA) is 55.2 Å². The molecule has 7 heteroatoms. The lowest BCUT2D eigenvalue weighted by Crippen LogP contribution is -2.36. The zero-order valence-electron chi connectivity index (χ0n) is 18.2. The van der Waals surface area contributed by atoms with Crippen molar-refractivity contribution in [3.8, 4) is 5.69 Å². The van der Waals surface area contributed by atoms with Crippen LogP contribution < -0.4 is 10.5 Å². The van der Waals surface area contributed by atoms with E-state index in [1.807, 2.05) is 54.3 Å². The lowest BCUT2D eigenvalue weighted by molar-refractivity contribution is -0.116. The van der Waals surface area contributed by atoms with Gasteiger partial charge in [0, 0.05) is 23.9 Å². The third-order valence-electron chi connectivity index (χ3n) is 5.91. The summed E-state index contributed by atoms with van der Waals surface area (Å²) in [5.74, 6) is 0.295. The largest absolute Gasteiger partial charge is 0.311 e. The number of carbonyl (C=O) groups excluding carboxylic acids is 1. The first-order valence-corrected chi connectivity index (χ1v) is 12.8. The fourth-order valence-corrected chi connectivity index (χ4v) is 6.32. The van der Waals surface area contributed by atoms with Crippen LogP contribution in [0.25, 0.3) is 5.69 Å². The van der Waals surface area contributed by atoms with Crippen molar-refractivity contribution >= 4 is 35.1 Å². The minimum Gasteiger partial charge on any atom is -0.311 e. The van der Waals surface area contributed by atoms with Gasteiger partial charge in [-0.15, -0.1) is 11.8 Å². The Labute approximate surface area is 196 Å². The number of fused-ring (bicyclic) bond motifs is 2. The standard InChI is InChI=1S/C25H25N3O2S2/c1-16-9-11-19(12-10-16)28-24(30)23-20(14-17(2)32-23)26-25(28)31-15-22(29)27-13-5-7-18-6-3-4-8-21(18)27/h3-4,6,8-12,17H,5,7,13-15H2,1-2H3/t17-/m0/s1. The first-order chi connectivity index (χ1) is 15.5. The van der Waals surface area contributed by atoms with Crippen LogP contribution in [0.4, 0.5) is 5.69 Å². The number of hydrogen-bond acceptors (Lipinski definition) is 5. The van der Waals surface area contributed by atoms with Gasteiger partial charge in [-0.1, -0.05) is 54.6 Å². The van der Waals surface area contributed by atoms with Gasteiger partial charge >= 0.3 is 0 Å². The highest BCUT2D eigenvalue weighted by atomic mass is 32.2. The number of rotatable bonds is 4. The van der Waals surface area contributed by atoms with Gasteiger partial charge in [-0.05, 0) is 43.5 Å². The van der Waals surface area contributed by atoms with E-state index < -0.39 is 0 Å². The van der Waals surface area contributed by atoms with Crippen LogP contribution in [0.2, 0.25) is 0 Å². The highest BCUT2D eigenvalue weighted by Gasteiger charge is 2.28. The maximum atomic E-state index is 13.4. The molecule has 164 valence electrons. The Morgan fingerprint density at radius 1 is 1.19 bits per heavy atom. The number of hydrogen-bond donors (Lipinski definition) is 0. The minimum absolute atomic E-state index is 0.0357. The van der Waals surface area contributed by atoms with Crippen LogP contribution in [0, 0.1) is 6.92 Å². The maximum Gasteiger partial charge on any atom is 0.272 e. The Bertz CT molecular complexity index is 1240. The fraction of sp³-hybridized carbons (Fsp3) is 0.320. The van der Waals surface area contributed by atoms with Crippen molar-refractivity contribution in [3.63, 3.8) is 0 Å². The van der Waals surface area contributed by atoms with E-state index in [1.165, 1.54) is 17.3 Å². The second kappa shape index (κ2) is 8.79. The number of anilines is 1. The lowest BCUT2D eigenvalue weighted by atomic mass is 10.0. The summed E-state index contributed by atoms with van der Waals surface area (Å²) in [7, 11) is 0. The molecular formula is C25H25N3O2S2. The van der Waals surface area contributed by atoms with Crippen LogP contribution in [0.1, 0.15) is 30.2 Å². The molecule has 0 radical (unpaired) electrons. The smallest absolute Gasteiger partial charge is 0.272 e. The zero-order chi connectivity index (χ0) is 22.2. The third kappa shape index (κ3) is 3.99. The van der Waals surface area contributed by atoms with E-state index >= 15 is 0 Å². The summed E-state index contributed by atoms with van der Waals surface area (Å²) in [6, 6.07) is 16.0. The summed E-state index contributed by atoms with van der Waals surface area (Å²) in [4.78, 5) is 34.1. The van der Waals surface area contributed by atoms with Crippen molar-refractivity contribution in [2.45, 2.75) is 48.4 Å². The van der Waals surface area contributed by atoms with Gasteiger partial charge in [0.1, 0.15) is 0 Å². The van der Waals surface area contributed by atoms with E-state index in [0.29, 0.717) is 10.4 Å². The molecule has 0 spiro atoms. The fourth-order valence-electron chi connectivity index (χ4n) is 4.32. The molecule has 0 bridgehead atoms. The van der Waals surface area contributed by atoms with E-state index in [2.05, 4.69) is 13.0 Å². The molecule has 1 amide bonds. The molecule has 0 saturated heterocycles. The quantitative estimate of drug-likeness (QED) is 0.416. The van der Waals surface area contributed by atoms with Crippen LogP contribution in [0.5, 0.6) is 0 Å². The van der Waals surface area contributed by atoms with Gasteiger partial charge in [-0.25, -0.2) is 4.98 Å². The molecule has 3 aromatic rings. The van der Waals surface area contributed by atoms with Gasteiger partial charge in [0.05, 0.1) is 22.0 Å². The summed E-state index contributed by atoms with van der Waals surface area (Å²) in [5.41, 5.74) is 4.96. The molecule has 2 aromatic carbocycles. The van der Waals surface area contributed by atoms with Crippen LogP contribution in [-0.2, 0) is 17.6 Å². The Morgan fingerprint density at radius 2 is 1.97 bits per heavy atom. The SMILES string of the molecule is Cc1ccc(-n2c(SCC(=O)N3CCCc4ccccc43)nc3c(c2=O)S[C@@H](C)C3)cc1. The number of amides is 1. The molecule has 0 fully saturated rings. The Morgan fingerprint density at radius 3 is 2.78 bits per heavy atom. The average Bonchev–Trinajstić information content (AvgIpc) is 3.18. The Hall–Kier alpha value is -2.51. The normalized spacial score (nSPS) is 17.2. The highest BCUT2D eigenvalue weighted by Crippen LogP contribution is 2.35. The molecule has 0 aliphatic carbocycles. The summed E-state index contributed by atoms with van der Waals surface area (Å²) in [6.07, 6.45) is 2.75. The maximum absolute atomic E-state index is 13.4. The molecule has 1 aromatic heterocycles. The molecule has 32 heavy (non-hydrogen) atoms. The lowest BCUT2D eigenvalue weighted by Gasteiger charge is -2.29. The Kier molecular flexibility index (Phi) is 5.86. The molecule has 0 saturated carbocycles. The van der Waals surface area contributed by atoms with Crippen molar-refractivity contribution < 1.29 is 4.79 Å². The monoisotopic (exact) mass is 463 g/mol. The number of para-hydroxylation sites is 1. The van der Waals surface area contributed by atoms with Crippen LogP contribution in [0.15, 0.2) is 63.4 Å². The predicted octanol–water partition coefficient (Wildman–Crippen LogP) is 4.65.